The summed E-state index contributed by atoms with van der Waals surface area (Å²) in [7, 11) is -3.17. The highest BCUT2D eigenvalue weighted by molar-refractivity contribution is 7.88. The summed E-state index contributed by atoms with van der Waals surface area (Å²) in [6.07, 6.45) is 1.15. The van der Waals surface area contributed by atoms with E-state index >= 15 is 0 Å². The molecule has 0 unspecified atom stereocenters. The Labute approximate surface area is 136 Å². The number of benzene rings is 2. The zero-order valence-electron chi connectivity index (χ0n) is 12.5. The molecule has 1 atom stereocenters. The lowest BCUT2D eigenvalue weighted by Crippen LogP contribution is -2.21. The van der Waals surface area contributed by atoms with E-state index in [-0.39, 0.29) is 6.04 Å². The number of anilines is 1. The van der Waals surface area contributed by atoms with Crippen LogP contribution < -0.4 is 10.0 Å². The second-order valence-corrected chi connectivity index (χ2v) is 7.48. The fourth-order valence-electron chi connectivity index (χ4n) is 2.04. The van der Waals surface area contributed by atoms with Gasteiger partial charge in [0.15, 0.2) is 0 Å². The molecule has 0 saturated heterocycles. The Kier molecular flexibility index (Phi) is 5.45. The van der Waals surface area contributed by atoms with Gasteiger partial charge in [0.1, 0.15) is 0 Å². The molecule has 2 N–H and O–H groups in total. The van der Waals surface area contributed by atoms with Crippen LogP contribution in [0.3, 0.4) is 0 Å². The average molecular weight is 339 g/mol. The lowest BCUT2D eigenvalue weighted by atomic mass is 10.1. The number of hydrogen-bond donors (Lipinski definition) is 2. The second kappa shape index (κ2) is 7.13. The Morgan fingerprint density at radius 2 is 1.82 bits per heavy atom. The molecule has 0 aliphatic heterocycles. The SMILES string of the molecule is C[C@H](Nc1ccc(CNS(C)(=O)=O)cc1)c1cccc(Cl)c1. The summed E-state index contributed by atoms with van der Waals surface area (Å²) in [4.78, 5) is 0. The molecule has 0 radical (unpaired) electrons. The highest BCUT2D eigenvalue weighted by Crippen LogP contribution is 2.22. The van der Waals surface area contributed by atoms with Gasteiger partial charge in [-0.1, -0.05) is 35.9 Å². The molecule has 2 aromatic carbocycles. The molecule has 6 heteroatoms. The molecule has 0 aromatic heterocycles. The van der Waals surface area contributed by atoms with Crippen LogP contribution in [0.25, 0.3) is 0 Å². The first-order chi connectivity index (χ1) is 10.3. The number of rotatable bonds is 6. The third-order valence-electron chi connectivity index (χ3n) is 3.22. The lowest BCUT2D eigenvalue weighted by molar-refractivity contribution is 0.587. The first-order valence-corrected chi connectivity index (χ1v) is 9.16. The van der Waals surface area contributed by atoms with Crippen molar-refractivity contribution < 1.29 is 8.42 Å². The van der Waals surface area contributed by atoms with Crippen molar-refractivity contribution in [1.82, 2.24) is 4.72 Å². The molecule has 0 bridgehead atoms. The zero-order chi connectivity index (χ0) is 16.2. The van der Waals surface area contributed by atoms with Gasteiger partial charge in [0, 0.05) is 23.3 Å². The van der Waals surface area contributed by atoms with E-state index in [1.54, 1.807) is 0 Å². The van der Waals surface area contributed by atoms with Crippen molar-refractivity contribution in [3.8, 4) is 0 Å². The lowest BCUT2D eigenvalue weighted by Gasteiger charge is -2.16. The third kappa shape index (κ3) is 5.33. The predicted octanol–water partition coefficient (Wildman–Crippen LogP) is 3.56. The van der Waals surface area contributed by atoms with Gasteiger partial charge < -0.3 is 5.32 Å². The summed E-state index contributed by atoms with van der Waals surface area (Å²) in [5.41, 5.74) is 2.98. The fourth-order valence-corrected chi connectivity index (χ4v) is 2.67. The van der Waals surface area contributed by atoms with Crippen LogP contribution in [0.15, 0.2) is 48.5 Å². The van der Waals surface area contributed by atoms with Crippen molar-refractivity contribution >= 4 is 27.3 Å². The van der Waals surface area contributed by atoms with E-state index in [1.807, 2.05) is 48.5 Å². The Balaban J connectivity index is 1.99. The van der Waals surface area contributed by atoms with Crippen molar-refractivity contribution in [2.75, 3.05) is 11.6 Å². The minimum absolute atomic E-state index is 0.124. The highest BCUT2D eigenvalue weighted by atomic mass is 35.5. The molecule has 0 aliphatic rings. The van der Waals surface area contributed by atoms with E-state index in [0.717, 1.165) is 23.1 Å². The van der Waals surface area contributed by atoms with Crippen molar-refractivity contribution in [2.45, 2.75) is 19.5 Å². The van der Waals surface area contributed by atoms with Crippen molar-refractivity contribution in [2.24, 2.45) is 0 Å². The van der Waals surface area contributed by atoms with Gasteiger partial charge in [0.2, 0.25) is 10.0 Å². The van der Waals surface area contributed by atoms with Crippen LogP contribution in [-0.2, 0) is 16.6 Å². The Hall–Kier alpha value is -1.56. The van der Waals surface area contributed by atoms with Crippen LogP contribution >= 0.6 is 11.6 Å². The largest absolute Gasteiger partial charge is 0.379 e. The fraction of sp³-hybridized carbons (Fsp3) is 0.250. The summed E-state index contributed by atoms with van der Waals surface area (Å²) >= 11 is 6.00. The van der Waals surface area contributed by atoms with Crippen LogP contribution in [-0.4, -0.2) is 14.7 Å². The quantitative estimate of drug-likeness (QED) is 0.846. The van der Waals surface area contributed by atoms with Gasteiger partial charge in [-0.3, -0.25) is 0 Å². The van der Waals surface area contributed by atoms with Crippen molar-refractivity contribution in [1.29, 1.82) is 0 Å². The van der Waals surface area contributed by atoms with E-state index in [1.165, 1.54) is 0 Å². The van der Waals surface area contributed by atoms with E-state index in [2.05, 4.69) is 17.0 Å². The number of hydrogen-bond acceptors (Lipinski definition) is 3. The van der Waals surface area contributed by atoms with Crippen LogP contribution in [0.2, 0.25) is 5.02 Å². The third-order valence-corrected chi connectivity index (χ3v) is 4.13. The molecule has 0 amide bonds. The standard InChI is InChI=1S/C16H19ClN2O2S/c1-12(14-4-3-5-15(17)10-14)19-16-8-6-13(7-9-16)11-18-22(2,20)21/h3-10,12,18-19H,11H2,1-2H3/t12-/m0/s1. The minimum Gasteiger partial charge on any atom is -0.379 e. The highest BCUT2D eigenvalue weighted by Gasteiger charge is 2.06. The van der Waals surface area contributed by atoms with E-state index in [9.17, 15) is 8.42 Å². The van der Waals surface area contributed by atoms with Crippen LogP contribution in [0.5, 0.6) is 0 Å². The maximum absolute atomic E-state index is 11.1. The van der Waals surface area contributed by atoms with Gasteiger partial charge in [0.25, 0.3) is 0 Å². The molecule has 22 heavy (non-hydrogen) atoms. The monoisotopic (exact) mass is 338 g/mol. The van der Waals surface area contributed by atoms with Crippen LogP contribution in [0, 0.1) is 0 Å². The number of sulfonamides is 1. The Morgan fingerprint density at radius 1 is 1.14 bits per heavy atom. The molecule has 0 saturated carbocycles. The van der Waals surface area contributed by atoms with Gasteiger partial charge in [-0.05, 0) is 42.3 Å². The molecule has 118 valence electrons. The van der Waals surface area contributed by atoms with Gasteiger partial charge in [0.05, 0.1) is 6.26 Å². The summed E-state index contributed by atoms with van der Waals surface area (Å²) in [5.74, 6) is 0. The molecule has 4 nitrogen and oxygen atoms in total. The minimum atomic E-state index is -3.17. The molecule has 2 aromatic rings. The summed E-state index contributed by atoms with van der Waals surface area (Å²) in [5, 5.41) is 4.10. The van der Waals surface area contributed by atoms with E-state index < -0.39 is 10.0 Å². The van der Waals surface area contributed by atoms with Crippen molar-refractivity contribution in [3.63, 3.8) is 0 Å². The molecule has 0 heterocycles. The number of halogens is 1. The smallest absolute Gasteiger partial charge is 0.209 e. The molecule has 0 spiro atoms. The number of nitrogens with one attached hydrogen (secondary N) is 2. The molecule has 2 rings (SSSR count). The Morgan fingerprint density at radius 3 is 2.41 bits per heavy atom. The second-order valence-electron chi connectivity index (χ2n) is 5.21. The summed E-state index contributed by atoms with van der Waals surface area (Å²) < 4.78 is 24.6. The maximum Gasteiger partial charge on any atom is 0.209 e. The summed E-state index contributed by atoms with van der Waals surface area (Å²) in [6, 6.07) is 15.5. The normalized spacial score (nSPS) is 12.9. The summed E-state index contributed by atoms with van der Waals surface area (Å²) in [6.45, 7) is 2.35. The maximum atomic E-state index is 11.1. The molecular weight excluding hydrogens is 320 g/mol. The molecular formula is C16H19ClN2O2S. The van der Waals surface area contributed by atoms with Crippen LogP contribution in [0.4, 0.5) is 5.69 Å². The molecule has 0 fully saturated rings. The first kappa shape index (κ1) is 16.8. The topological polar surface area (TPSA) is 58.2 Å². The van der Waals surface area contributed by atoms with Crippen LogP contribution in [0.1, 0.15) is 24.1 Å². The molecule has 0 aliphatic carbocycles. The van der Waals surface area contributed by atoms with Gasteiger partial charge >= 0.3 is 0 Å². The Bertz CT molecular complexity index is 730. The average Bonchev–Trinajstić information content (AvgIpc) is 2.46. The van der Waals surface area contributed by atoms with E-state index in [0.29, 0.717) is 11.6 Å². The zero-order valence-corrected chi connectivity index (χ0v) is 14.1. The van der Waals surface area contributed by atoms with Gasteiger partial charge in [-0.25, -0.2) is 13.1 Å². The van der Waals surface area contributed by atoms with Crippen molar-refractivity contribution in [3.05, 3.63) is 64.7 Å². The first-order valence-electron chi connectivity index (χ1n) is 6.89. The predicted molar refractivity (Wildman–Crippen MR) is 91.6 cm³/mol. The van der Waals surface area contributed by atoms with Gasteiger partial charge in [-0.15, -0.1) is 0 Å². The van der Waals surface area contributed by atoms with E-state index in [4.69, 9.17) is 11.6 Å². The van der Waals surface area contributed by atoms with Gasteiger partial charge in [-0.2, -0.15) is 0 Å².